The lowest BCUT2D eigenvalue weighted by molar-refractivity contribution is 0.854. The molecule has 0 saturated carbocycles. The summed E-state index contributed by atoms with van der Waals surface area (Å²) in [6.07, 6.45) is 5.35. The Kier molecular flexibility index (Phi) is 4.63. The predicted octanol–water partition coefficient (Wildman–Crippen LogP) is 4.79. The molecule has 4 nitrogen and oxygen atoms in total. The SMILES string of the molecule is C(=Nn1c(-c2ccccc2)csc1=Nc1cccnc1)c1ccsc1. The summed E-state index contributed by atoms with van der Waals surface area (Å²) in [6.45, 7) is 0. The number of thiazole rings is 1. The third kappa shape index (κ3) is 3.65. The zero-order valence-electron chi connectivity index (χ0n) is 13.2. The molecular formula is C19H14N4S2. The van der Waals surface area contributed by atoms with E-state index < -0.39 is 0 Å². The quantitative estimate of drug-likeness (QED) is 0.481. The van der Waals surface area contributed by atoms with Gasteiger partial charge in [-0.2, -0.15) is 16.4 Å². The molecule has 3 heterocycles. The Morgan fingerprint density at radius 1 is 1.00 bits per heavy atom. The van der Waals surface area contributed by atoms with Gasteiger partial charge in [-0.15, -0.1) is 11.3 Å². The van der Waals surface area contributed by atoms with E-state index in [1.807, 2.05) is 52.7 Å². The molecule has 122 valence electrons. The van der Waals surface area contributed by atoms with Crippen molar-refractivity contribution >= 4 is 34.6 Å². The lowest BCUT2D eigenvalue weighted by Crippen LogP contribution is -2.11. The van der Waals surface area contributed by atoms with Gasteiger partial charge in [0.2, 0.25) is 4.80 Å². The second kappa shape index (κ2) is 7.38. The summed E-state index contributed by atoms with van der Waals surface area (Å²) in [5.74, 6) is 0. The van der Waals surface area contributed by atoms with E-state index in [0.29, 0.717) is 0 Å². The minimum absolute atomic E-state index is 0.804. The Balaban J connectivity index is 1.85. The van der Waals surface area contributed by atoms with Gasteiger partial charge in [0.25, 0.3) is 0 Å². The molecule has 0 aliphatic carbocycles. The van der Waals surface area contributed by atoms with Crippen molar-refractivity contribution in [1.82, 2.24) is 9.66 Å². The maximum absolute atomic E-state index is 4.70. The highest BCUT2D eigenvalue weighted by atomic mass is 32.1. The average molecular weight is 362 g/mol. The summed E-state index contributed by atoms with van der Waals surface area (Å²) >= 11 is 3.21. The molecule has 3 aromatic heterocycles. The molecule has 25 heavy (non-hydrogen) atoms. The van der Waals surface area contributed by atoms with Crippen molar-refractivity contribution in [2.24, 2.45) is 10.1 Å². The van der Waals surface area contributed by atoms with Crippen LogP contribution in [0.1, 0.15) is 5.56 Å². The van der Waals surface area contributed by atoms with Crippen LogP contribution >= 0.6 is 22.7 Å². The van der Waals surface area contributed by atoms with E-state index in [1.54, 1.807) is 35.1 Å². The van der Waals surface area contributed by atoms with Crippen molar-refractivity contribution in [3.8, 4) is 11.3 Å². The third-order valence-electron chi connectivity index (χ3n) is 3.49. The Morgan fingerprint density at radius 2 is 1.92 bits per heavy atom. The Morgan fingerprint density at radius 3 is 2.68 bits per heavy atom. The first-order chi connectivity index (χ1) is 12.4. The fraction of sp³-hybridized carbons (Fsp3) is 0. The fourth-order valence-corrected chi connectivity index (χ4v) is 3.77. The van der Waals surface area contributed by atoms with Crippen molar-refractivity contribution < 1.29 is 0 Å². The normalized spacial score (nSPS) is 12.1. The van der Waals surface area contributed by atoms with Crippen molar-refractivity contribution in [3.05, 3.63) is 87.4 Å². The van der Waals surface area contributed by atoms with Gasteiger partial charge in [-0.1, -0.05) is 30.3 Å². The smallest absolute Gasteiger partial charge is 0.211 e. The average Bonchev–Trinajstić information content (AvgIpc) is 3.31. The second-order valence-electron chi connectivity index (χ2n) is 5.21. The van der Waals surface area contributed by atoms with Gasteiger partial charge >= 0.3 is 0 Å². The van der Waals surface area contributed by atoms with E-state index in [-0.39, 0.29) is 0 Å². The second-order valence-corrected chi connectivity index (χ2v) is 6.82. The van der Waals surface area contributed by atoms with Crippen molar-refractivity contribution in [2.45, 2.75) is 0 Å². The van der Waals surface area contributed by atoms with Gasteiger partial charge in [-0.05, 0) is 29.0 Å². The molecule has 0 spiro atoms. The van der Waals surface area contributed by atoms with Gasteiger partial charge in [0, 0.05) is 22.7 Å². The van der Waals surface area contributed by atoms with E-state index in [4.69, 9.17) is 4.99 Å². The van der Waals surface area contributed by atoms with Crippen LogP contribution in [0.2, 0.25) is 0 Å². The van der Waals surface area contributed by atoms with Crippen LogP contribution in [0.3, 0.4) is 0 Å². The molecule has 0 unspecified atom stereocenters. The minimum Gasteiger partial charge on any atom is -0.262 e. The van der Waals surface area contributed by atoms with Crippen LogP contribution in [0.25, 0.3) is 11.3 Å². The van der Waals surface area contributed by atoms with E-state index in [1.165, 1.54) is 0 Å². The van der Waals surface area contributed by atoms with Crippen LogP contribution < -0.4 is 4.80 Å². The van der Waals surface area contributed by atoms with Crippen LogP contribution in [-0.2, 0) is 0 Å². The molecule has 0 aliphatic heterocycles. The summed E-state index contributed by atoms with van der Waals surface area (Å²) in [5.41, 5.74) is 4.01. The fourth-order valence-electron chi connectivity index (χ4n) is 2.30. The van der Waals surface area contributed by atoms with E-state index in [2.05, 4.69) is 33.0 Å². The van der Waals surface area contributed by atoms with Crippen LogP contribution in [0.4, 0.5) is 5.69 Å². The van der Waals surface area contributed by atoms with Crippen molar-refractivity contribution in [3.63, 3.8) is 0 Å². The molecule has 0 radical (unpaired) electrons. The van der Waals surface area contributed by atoms with Gasteiger partial charge in [0.15, 0.2) is 0 Å². The van der Waals surface area contributed by atoms with Gasteiger partial charge in [-0.25, -0.2) is 9.67 Å². The standard InChI is InChI=1S/C19H14N4S2/c1-2-5-16(6-3-1)18-14-25-19(22-17-7-4-9-20-12-17)23(18)21-11-15-8-10-24-13-15/h1-14H. The number of nitrogens with zero attached hydrogens (tertiary/aromatic N) is 4. The molecule has 6 heteroatoms. The molecule has 4 aromatic rings. The van der Waals surface area contributed by atoms with Gasteiger partial charge in [0.1, 0.15) is 0 Å². The molecule has 0 aliphatic rings. The predicted molar refractivity (Wildman–Crippen MR) is 105 cm³/mol. The lowest BCUT2D eigenvalue weighted by atomic mass is 10.2. The summed E-state index contributed by atoms with van der Waals surface area (Å²) < 4.78 is 1.88. The topological polar surface area (TPSA) is 42.5 Å². The van der Waals surface area contributed by atoms with E-state index in [9.17, 15) is 0 Å². The third-order valence-corrected chi connectivity index (χ3v) is 5.01. The first-order valence-corrected chi connectivity index (χ1v) is 9.50. The first kappa shape index (κ1) is 15.7. The number of benzene rings is 1. The number of hydrogen-bond acceptors (Lipinski definition) is 5. The number of hydrogen-bond donors (Lipinski definition) is 0. The molecule has 0 amide bonds. The molecule has 0 N–H and O–H groups in total. The summed E-state index contributed by atoms with van der Waals surface area (Å²) in [5, 5.41) is 10.9. The Bertz CT molecular complexity index is 1030. The highest BCUT2D eigenvalue weighted by Crippen LogP contribution is 2.20. The molecule has 0 atom stereocenters. The zero-order valence-corrected chi connectivity index (χ0v) is 14.8. The van der Waals surface area contributed by atoms with Gasteiger partial charge in [0.05, 0.1) is 23.8 Å². The molecule has 0 saturated heterocycles. The highest BCUT2D eigenvalue weighted by Gasteiger charge is 2.07. The van der Waals surface area contributed by atoms with Crippen molar-refractivity contribution in [2.75, 3.05) is 0 Å². The summed E-state index contributed by atoms with van der Waals surface area (Å²) in [6, 6.07) is 16.1. The Hall–Kier alpha value is -2.83. The summed E-state index contributed by atoms with van der Waals surface area (Å²) in [4.78, 5) is 9.63. The van der Waals surface area contributed by atoms with Crippen LogP contribution in [-0.4, -0.2) is 15.9 Å². The monoisotopic (exact) mass is 362 g/mol. The maximum atomic E-state index is 4.70. The van der Waals surface area contributed by atoms with Gasteiger partial charge < -0.3 is 0 Å². The highest BCUT2D eigenvalue weighted by molar-refractivity contribution is 7.08. The molecular weight excluding hydrogens is 348 g/mol. The van der Waals surface area contributed by atoms with E-state index >= 15 is 0 Å². The maximum Gasteiger partial charge on any atom is 0.211 e. The minimum atomic E-state index is 0.804. The first-order valence-electron chi connectivity index (χ1n) is 7.67. The summed E-state index contributed by atoms with van der Waals surface area (Å²) in [7, 11) is 0. The van der Waals surface area contributed by atoms with E-state index in [0.717, 1.165) is 27.3 Å². The molecule has 1 aromatic carbocycles. The Labute approximate surface area is 153 Å². The van der Waals surface area contributed by atoms with Crippen LogP contribution in [0.15, 0.2) is 87.2 Å². The largest absolute Gasteiger partial charge is 0.262 e. The molecule has 0 bridgehead atoms. The number of pyridine rings is 1. The number of rotatable bonds is 4. The number of aromatic nitrogens is 2. The van der Waals surface area contributed by atoms with Gasteiger partial charge in [-0.3, -0.25) is 4.98 Å². The van der Waals surface area contributed by atoms with Crippen molar-refractivity contribution in [1.29, 1.82) is 0 Å². The molecule has 4 rings (SSSR count). The van der Waals surface area contributed by atoms with Crippen LogP contribution in [0, 0.1) is 0 Å². The zero-order chi connectivity index (χ0) is 16.9. The molecule has 0 fully saturated rings. The lowest BCUT2D eigenvalue weighted by Gasteiger charge is -2.03. The van der Waals surface area contributed by atoms with Crippen LogP contribution in [0.5, 0.6) is 0 Å². The number of thiophene rings is 1.